The first-order valence-electron chi connectivity index (χ1n) is 10.5. The van der Waals surface area contributed by atoms with Crippen LogP contribution < -0.4 is 10.1 Å². The molecule has 0 unspecified atom stereocenters. The number of nitrogens with zero attached hydrogens (tertiary/aromatic N) is 5. The molecule has 0 aliphatic heterocycles. The molecule has 2 heterocycles. The lowest BCUT2D eigenvalue weighted by molar-refractivity contribution is -0.384. The zero-order valence-electron chi connectivity index (χ0n) is 18.6. The molecule has 2 aromatic carbocycles. The second-order valence-corrected chi connectivity index (χ2v) is 7.50. The van der Waals surface area contributed by atoms with E-state index in [1.807, 2.05) is 24.3 Å². The minimum Gasteiger partial charge on any atom is -0.497 e. The third kappa shape index (κ3) is 5.26. The van der Waals surface area contributed by atoms with Gasteiger partial charge in [0.05, 0.1) is 23.4 Å². The molecule has 0 fully saturated rings. The average Bonchev–Trinajstić information content (AvgIpc) is 3.45. The first kappa shape index (κ1) is 22.6. The second kappa shape index (κ2) is 9.94. The summed E-state index contributed by atoms with van der Waals surface area (Å²) in [5, 5.41) is 22.1. The van der Waals surface area contributed by atoms with E-state index in [2.05, 4.69) is 20.6 Å². The molecule has 4 aromatic rings. The predicted molar refractivity (Wildman–Crippen MR) is 123 cm³/mol. The molecule has 0 aliphatic carbocycles. The van der Waals surface area contributed by atoms with E-state index in [1.165, 1.54) is 16.8 Å². The summed E-state index contributed by atoms with van der Waals surface area (Å²) in [4.78, 5) is 27.3. The molecule has 0 saturated heterocycles. The molecule has 0 aliphatic rings. The Kier molecular flexibility index (Phi) is 6.62. The van der Waals surface area contributed by atoms with Gasteiger partial charge in [-0.3, -0.25) is 14.9 Å². The molecule has 1 N–H and O–H groups in total. The van der Waals surface area contributed by atoms with Crippen molar-refractivity contribution in [2.45, 2.75) is 26.2 Å². The maximum absolute atomic E-state index is 12.5. The Morgan fingerprint density at radius 2 is 1.91 bits per heavy atom. The van der Waals surface area contributed by atoms with Crippen LogP contribution in [0.5, 0.6) is 5.75 Å². The highest BCUT2D eigenvalue weighted by Crippen LogP contribution is 2.22. The van der Waals surface area contributed by atoms with E-state index in [-0.39, 0.29) is 18.0 Å². The first-order chi connectivity index (χ1) is 16.4. The Bertz CT molecular complexity index is 1290. The maximum atomic E-state index is 12.5. The number of hydrogen-bond donors (Lipinski definition) is 1. The van der Waals surface area contributed by atoms with E-state index in [9.17, 15) is 14.9 Å². The molecule has 1 amide bonds. The van der Waals surface area contributed by atoms with Crippen LogP contribution in [0.25, 0.3) is 17.1 Å². The molecule has 34 heavy (non-hydrogen) atoms. The molecule has 174 valence electrons. The fourth-order valence-electron chi connectivity index (χ4n) is 3.32. The summed E-state index contributed by atoms with van der Waals surface area (Å²) in [7, 11) is 1.60. The number of anilines is 1. The van der Waals surface area contributed by atoms with Gasteiger partial charge in [-0.15, -0.1) is 0 Å². The summed E-state index contributed by atoms with van der Waals surface area (Å²) in [6, 6.07) is 15.0. The van der Waals surface area contributed by atoms with Crippen molar-refractivity contribution >= 4 is 17.4 Å². The fraction of sp³-hybridized carbons (Fsp3) is 0.217. The van der Waals surface area contributed by atoms with Crippen molar-refractivity contribution in [1.82, 2.24) is 19.9 Å². The maximum Gasteiger partial charge on any atom is 0.269 e. The van der Waals surface area contributed by atoms with Gasteiger partial charge in [0, 0.05) is 36.6 Å². The smallest absolute Gasteiger partial charge is 0.269 e. The summed E-state index contributed by atoms with van der Waals surface area (Å²) < 4.78 is 12.0. The number of amides is 1. The van der Waals surface area contributed by atoms with Crippen molar-refractivity contribution in [2.75, 3.05) is 12.4 Å². The Labute approximate surface area is 194 Å². The number of carbonyl (C=O) groups is 1. The number of aryl methyl sites for hydroxylation is 2. The highest BCUT2D eigenvalue weighted by Gasteiger charge is 2.14. The number of nitro benzene ring substituents is 1. The number of carbonyl (C=O) groups excluding carboxylic acids is 1. The molecule has 2 aromatic heterocycles. The number of benzene rings is 2. The zero-order chi connectivity index (χ0) is 24.1. The number of aromatic nitrogens is 4. The number of ether oxygens (including phenoxy) is 1. The van der Waals surface area contributed by atoms with Crippen LogP contribution in [-0.4, -0.2) is 37.9 Å². The third-order valence-electron chi connectivity index (χ3n) is 5.01. The standard InChI is InChI=1S/C23H22N6O5/c1-15-14-20(28(26-15)17-8-10-18(11-9-17)29(31)32)24-21(30)4-3-5-22-25-23(27-34-22)16-6-12-19(33-2)13-7-16/h6-14H,3-5H2,1-2H3,(H,24,30). The van der Waals surface area contributed by atoms with E-state index in [0.717, 1.165) is 11.3 Å². The number of hydrogen-bond acceptors (Lipinski definition) is 8. The van der Waals surface area contributed by atoms with Gasteiger partial charge >= 0.3 is 0 Å². The largest absolute Gasteiger partial charge is 0.497 e. The minimum atomic E-state index is -0.468. The average molecular weight is 462 g/mol. The summed E-state index contributed by atoms with van der Waals surface area (Å²) in [5.74, 6) is 1.95. The lowest BCUT2D eigenvalue weighted by Crippen LogP contribution is -2.15. The van der Waals surface area contributed by atoms with Crippen molar-refractivity contribution in [3.05, 3.63) is 76.3 Å². The summed E-state index contributed by atoms with van der Waals surface area (Å²) in [6.07, 6.45) is 1.21. The van der Waals surface area contributed by atoms with Crippen molar-refractivity contribution in [2.24, 2.45) is 0 Å². The van der Waals surface area contributed by atoms with Crippen LogP contribution in [0.2, 0.25) is 0 Å². The number of non-ortho nitro benzene ring substituents is 1. The van der Waals surface area contributed by atoms with Crippen molar-refractivity contribution in [1.29, 1.82) is 0 Å². The Morgan fingerprint density at radius 3 is 2.59 bits per heavy atom. The van der Waals surface area contributed by atoms with Gasteiger partial charge in [0.1, 0.15) is 11.6 Å². The number of nitro groups is 1. The van der Waals surface area contributed by atoms with Crippen LogP contribution in [0.4, 0.5) is 11.5 Å². The number of nitrogens with one attached hydrogen (secondary N) is 1. The SMILES string of the molecule is COc1ccc(-c2noc(CCCC(=O)Nc3cc(C)nn3-c3ccc([N+](=O)[O-])cc3)n2)cc1. The molecule has 11 heteroatoms. The quantitative estimate of drug-likeness (QED) is 0.290. The molecular formula is C23H22N6O5. The summed E-state index contributed by atoms with van der Waals surface area (Å²) in [5.41, 5.74) is 2.09. The van der Waals surface area contributed by atoms with E-state index >= 15 is 0 Å². The van der Waals surface area contributed by atoms with Gasteiger partial charge in [-0.1, -0.05) is 5.16 Å². The predicted octanol–water partition coefficient (Wildman–Crippen LogP) is 4.11. The van der Waals surface area contributed by atoms with Crippen LogP contribution in [0.3, 0.4) is 0 Å². The van der Waals surface area contributed by atoms with Crippen LogP contribution >= 0.6 is 0 Å². The summed E-state index contributed by atoms with van der Waals surface area (Å²) in [6.45, 7) is 1.80. The molecule has 0 saturated carbocycles. The molecule has 4 rings (SSSR count). The highest BCUT2D eigenvalue weighted by molar-refractivity contribution is 5.90. The first-order valence-corrected chi connectivity index (χ1v) is 10.5. The molecular weight excluding hydrogens is 440 g/mol. The Morgan fingerprint density at radius 1 is 1.18 bits per heavy atom. The molecule has 0 bridgehead atoms. The van der Waals surface area contributed by atoms with Crippen molar-refractivity contribution < 1.29 is 19.0 Å². The van der Waals surface area contributed by atoms with E-state index in [4.69, 9.17) is 9.26 Å². The van der Waals surface area contributed by atoms with Gasteiger partial charge < -0.3 is 14.6 Å². The highest BCUT2D eigenvalue weighted by atomic mass is 16.6. The van der Waals surface area contributed by atoms with Crippen LogP contribution in [0.1, 0.15) is 24.4 Å². The normalized spacial score (nSPS) is 10.8. The van der Waals surface area contributed by atoms with E-state index < -0.39 is 4.92 Å². The monoisotopic (exact) mass is 462 g/mol. The molecule has 0 radical (unpaired) electrons. The molecule has 0 spiro atoms. The van der Waals surface area contributed by atoms with E-state index in [0.29, 0.717) is 41.8 Å². The van der Waals surface area contributed by atoms with Crippen LogP contribution in [0, 0.1) is 17.0 Å². The molecule has 0 atom stereocenters. The number of rotatable bonds is 9. The summed E-state index contributed by atoms with van der Waals surface area (Å²) >= 11 is 0. The topological polar surface area (TPSA) is 138 Å². The third-order valence-corrected chi connectivity index (χ3v) is 5.01. The Hall–Kier alpha value is -4.54. The number of methoxy groups -OCH3 is 1. The van der Waals surface area contributed by atoms with Crippen LogP contribution in [-0.2, 0) is 11.2 Å². The Balaban J connectivity index is 1.33. The van der Waals surface area contributed by atoms with Crippen molar-refractivity contribution in [3.63, 3.8) is 0 Å². The van der Waals surface area contributed by atoms with E-state index in [1.54, 1.807) is 32.2 Å². The molecule has 11 nitrogen and oxygen atoms in total. The van der Waals surface area contributed by atoms with Gasteiger partial charge in [0.2, 0.25) is 17.6 Å². The lowest BCUT2D eigenvalue weighted by Gasteiger charge is -2.08. The van der Waals surface area contributed by atoms with Gasteiger partial charge in [-0.2, -0.15) is 10.1 Å². The lowest BCUT2D eigenvalue weighted by atomic mass is 10.2. The second-order valence-electron chi connectivity index (χ2n) is 7.50. The van der Waals surface area contributed by atoms with Crippen molar-refractivity contribution in [3.8, 4) is 22.8 Å². The zero-order valence-corrected chi connectivity index (χ0v) is 18.6. The minimum absolute atomic E-state index is 0.0191. The fourth-order valence-corrected chi connectivity index (χ4v) is 3.32. The van der Waals surface area contributed by atoms with Gasteiger partial charge in [0.25, 0.3) is 5.69 Å². The van der Waals surface area contributed by atoms with Gasteiger partial charge in [-0.05, 0) is 49.7 Å². The van der Waals surface area contributed by atoms with Gasteiger partial charge in [-0.25, -0.2) is 4.68 Å². The van der Waals surface area contributed by atoms with Crippen LogP contribution in [0.15, 0.2) is 59.1 Å². The van der Waals surface area contributed by atoms with Gasteiger partial charge in [0.15, 0.2) is 0 Å².